The van der Waals surface area contributed by atoms with Crippen molar-refractivity contribution in [3.63, 3.8) is 0 Å². The molecule has 0 aromatic rings. The van der Waals surface area contributed by atoms with E-state index in [9.17, 15) is 14.7 Å². The van der Waals surface area contributed by atoms with Gasteiger partial charge in [0, 0.05) is 39.2 Å². The Kier molecular flexibility index (Phi) is 42.6. The fourth-order valence-electron chi connectivity index (χ4n) is 6.31. The number of ether oxygens (including phenoxy) is 4. The summed E-state index contributed by atoms with van der Waals surface area (Å²) in [5.74, 6) is -0.202. The maximum atomic E-state index is 12.5. The molecule has 0 aliphatic heterocycles. The van der Waals surface area contributed by atoms with Crippen LogP contribution in [0.5, 0.6) is 0 Å². The minimum Gasteiger partial charge on any atom is -0.466 e. The summed E-state index contributed by atoms with van der Waals surface area (Å²) in [4.78, 5) is 26.9. The van der Waals surface area contributed by atoms with E-state index in [-0.39, 0.29) is 24.8 Å². The molecule has 54 heavy (non-hydrogen) atoms. The van der Waals surface area contributed by atoms with E-state index >= 15 is 0 Å². The van der Waals surface area contributed by atoms with Crippen molar-refractivity contribution < 1.29 is 33.6 Å². The summed E-state index contributed by atoms with van der Waals surface area (Å²) < 4.78 is 23.0. The van der Waals surface area contributed by atoms with Gasteiger partial charge in [-0.15, -0.1) is 0 Å². The number of carbonyl (C=O) groups is 2. The van der Waals surface area contributed by atoms with Crippen molar-refractivity contribution in [2.75, 3.05) is 52.7 Å². The molecule has 0 bridgehead atoms. The molecule has 8 nitrogen and oxygen atoms in total. The predicted octanol–water partition coefficient (Wildman–Crippen LogP) is 11.8. The zero-order valence-electron chi connectivity index (χ0n) is 35.7. The molecule has 0 heterocycles. The second kappa shape index (κ2) is 44.0. The van der Waals surface area contributed by atoms with Crippen molar-refractivity contribution in [1.82, 2.24) is 4.90 Å². The third-order valence-corrected chi connectivity index (χ3v) is 9.66. The molecule has 0 aromatic heterocycles. The highest BCUT2D eigenvalue weighted by Gasteiger charge is 2.14. The maximum Gasteiger partial charge on any atom is 0.305 e. The van der Waals surface area contributed by atoms with Crippen LogP contribution in [0.25, 0.3) is 0 Å². The molecular formula is C46H87NO7. The number of aliphatic hydroxyl groups is 1. The number of hydrogen-bond acceptors (Lipinski definition) is 8. The summed E-state index contributed by atoms with van der Waals surface area (Å²) in [5.41, 5.74) is 0. The fraction of sp³-hybridized carbons (Fsp3) is 0.870. The molecule has 1 N–H and O–H groups in total. The van der Waals surface area contributed by atoms with Crippen LogP contribution in [-0.4, -0.2) is 80.9 Å². The van der Waals surface area contributed by atoms with Gasteiger partial charge in [-0.3, -0.25) is 9.59 Å². The van der Waals surface area contributed by atoms with Gasteiger partial charge in [0.25, 0.3) is 0 Å². The molecule has 0 unspecified atom stereocenters. The van der Waals surface area contributed by atoms with E-state index in [1.807, 2.05) is 0 Å². The summed E-state index contributed by atoms with van der Waals surface area (Å²) in [5, 5.41) is 9.37. The van der Waals surface area contributed by atoms with Crippen LogP contribution in [0.15, 0.2) is 24.3 Å². The molecule has 0 saturated heterocycles. The highest BCUT2D eigenvalue weighted by Crippen LogP contribution is 2.13. The summed E-state index contributed by atoms with van der Waals surface area (Å²) in [6, 6.07) is 0. The van der Waals surface area contributed by atoms with Crippen LogP contribution in [0.1, 0.15) is 201 Å². The predicted molar refractivity (Wildman–Crippen MR) is 226 cm³/mol. The van der Waals surface area contributed by atoms with E-state index in [0.29, 0.717) is 45.7 Å². The van der Waals surface area contributed by atoms with Crippen molar-refractivity contribution >= 4 is 11.9 Å². The number of aliphatic hydroxyl groups excluding tert-OH is 1. The highest BCUT2D eigenvalue weighted by molar-refractivity contribution is 5.69. The van der Waals surface area contributed by atoms with Gasteiger partial charge in [-0.1, -0.05) is 116 Å². The lowest BCUT2D eigenvalue weighted by atomic mass is 10.1. The van der Waals surface area contributed by atoms with Crippen LogP contribution in [0.4, 0.5) is 0 Å². The van der Waals surface area contributed by atoms with E-state index in [2.05, 4.69) is 50.0 Å². The van der Waals surface area contributed by atoms with E-state index in [1.54, 1.807) is 0 Å². The summed E-state index contributed by atoms with van der Waals surface area (Å²) in [6.45, 7) is 12.2. The zero-order valence-corrected chi connectivity index (χ0v) is 35.7. The number of allylic oxidation sites excluding steroid dienone is 4. The van der Waals surface area contributed by atoms with Crippen LogP contribution >= 0.6 is 0 Å². The minimum atomic E-state index is -0.356. The first kappa shape index (κ1) is 52.3. The van der Waals surface area contributed by atoms with Crippen LogP contribution in [0, 0.1) is 0 Å². The summed E-state index contributed by atoms with van der Waals surface area (Å²) in [7, 11) is 0. The number of esters is 2. The number of hydrogen-bond donors (Lipinski definition) is 1. The molecule has 0 radical (unpaired) electrons. The van der Waals surface area contributed by atoms with Gasteiger partial charge in [0.15, 0.2) is 6.29 Å². The molecule has 0 atom stereocenters. The summed E-state index contributed by atoms with van der Waals surface area (Å²) >= 11 is 0. The van der Waals surface area contributed by atoms with Crippen molar-refractivity contribution in [1.29, 1.82) is 0 Å². The summed E-state index contributed by atoms with van der Waals surface area (Å²) in [6.07, 6.45) is 37.4. The van der Waals surface area contributed by atoms with Gasteiger partial charge in [0.1, 0.15) is 0 Å². The Morgan fingerprint density at radius 2 is 0.944 bits per heavy atom. The number of rotatable bonds is 43. The van der Waals surface area contributed by atoms with Gasteiger partial charge >= 0.3 is 11.9 Å². The highest BCUT2D eigenvalue weighted by atomic mass is 16.7. The number of carbonyl (C=O) groups excluding carboxylic acids is 2. The van der Waals surface area contributed by atoms with Crippen molar-refractivity contribution in [2.24, 2.45) is 0 Å². The molecule has 0 fully saturated rings. The lowest BCUT2D eigenvalue weighted by Gasteiger charge is -2.22. The molecule has 318 valence electrons. The molecule has 0 saturated carbocycles. The first-order chi connectivity index (χ1) is 26.6. The van der Waals surface area contributed by atoms with E-state index in [4.69, 9.17) is 18.9 Å². The van der Waals surface area contributed by atoms with Crippen LogP contribution < -0.4 is 0 Å². The minimum absolute atomic E-state index is 0.0332. The Bertz CT molecular complexity index is 825. The van der Waals surface area contributed by atoms with Gasteiger partial charge in [0.05, 0.1) is 19.6 Å². The molecule has 0 aliphatic rings. The molecule has 8 heteroatoms. The van der Waals surface area contributed by atoms with Crippen LogP contribution in [0.3, 0.4) is 0 Å². The molecule has 0 aliphatic carbocycles. The van der Waals surface area contributed by atoms with Gasteiger partial charge in [-0.2, -0.15) is 0 Å². The van der Waals surface area contributed by atoms with E-state index in [0.717, 1.165) is 129 Å². The Hall–Kier alpha value is -1.74. The lowest BCUT2D eigenvalue weighted by molar-refractivity contribution is -0.159. The Balaban J connectivity index is 4.05. The number of unbranched alkanes of at least 4 members (excludes halogenated alkanes) is 17. The Morgan fingerprint density at radius 3 is 1.46 bits per heavy atom. The molecule has 0 amide bonds. The Morgan fingerprint density at radius 1 is 0.500 bits per heavy atom. The monoisotopic (exact) mass is 766 g/mol. The number of nitrogens with zero attached hydrogens (tertiary/aromatic N) is 1. The SMILES string of the molecule is CC/C=C\CCCCOC(CCC(=O)OCCCCCCN(CCCO)CCCCCCCCC(=O)OCCCCCCCC)OCCCC/C=C\CC. The van der Waals surface area contributed by atoms with E-state index in [1.165, 1.54) is 51.4 Å². The van der Waals surface area contributed by atoms with Crippen molar-refractivity contribution in [3.8, 4) is 0 Å². The smallest absolute Gasteiger partial charge is 0.305 e. The third-order valence-electron chi connectivity index (χ3n) is 9.66. The van der Waals surface area contributed by atoms with Crippen LogP contribution in [0.2, 0.25) is 0 Å². The van der Waals surface area contributed by atoms with Crippen molar-refractivity contribution in [3.05, 3.63) is 24.3 Å². The normalized spacial score (nSPS) is 11.9. The van der Waals surface area contributed by atoms with Gasteiger partial charge < -0.3 is 29.0 Å². The van der Waals surface area contributed by atoms with E-state index < -0.39 is 0 Å². The molecular weight excluding hydrogens is 679 g/mol. The first-order valence-corrected chi connectivity index (χ1v) is 22.7. The molecule has 0 rings (SSSR count). The quantitative estimate of drug-likeness (QED) is 0.0284. The third kappa shape index (κ3) is 39.9. The molecule has 0 spiro atoms. The lowest BCUT2D eigenvalue weighted by Crippen LogP contribution is -2.28. The zero-order chi connectivity index (χ0) is 39.4. The standard InChI is InChI=1S/C46H87NO7/c1-4-7-10-13-21-28-40-51-44(49)33-25-18-16-17-19-26-36-47(38-32-39-48)37-27-20-24-29-41-52-45(50)34-35-46(53-42-30-22-14-11-8-5-2)54-43-31-23-15-12-9-6-3/h8-9,11-12,46,48H,4-7,10,13-43H2,1-3H3/b11-8-,12-9-. The largest absolute Gasteiger partial charge is 0.466 e. The molecule has 0 aromatic carbocycles. The van der Waals surface area contributed by atoms with Gasteiger partial charge in [0.2, 0.25) is 0 Å². The average Bonchev–Trinajstić information content (AvgIpc) is 3.17. The maximum absolute atomic E-state index is 12.5. The Labute approximate surface area is 333 Å². The topological polar surface area (TPSA) is 94.5 Å². The van der Waals surface area contributed by atoms with Crippen molar-refractivity contribution in [2.45, 2.75) is 207 Å². The second-order valence-electron chi connectivity index (χ2n) is 14.9. The van der Waals surface area contributed by atoms with Crippen LogP contribution in [-0.2, 0) is 28.5 Å². The average molecular weight is 766 g/mol. The second-order valence-corrected chi connectivity index (χ2v) is 14.9. The van der Waals surface area contributed by atoms with Gasteiger partial charge in [-0.25, -0.2) is 0 Å². The van der Waals surface area contributed by atoms with Gasteiger partial charge in [-0.05, 0) is 103 Å². The first-order valence-electron chi connectivity index (χ1n) is 22.7. The fourth-order valence-corrected chi connectivity index (χ4v) is 6.31.